The number of nitrogens with one attached hydrogen (secondary N) is 3. The summed E-state index contributed by atoms with van der Waals surface area (Å²) in [6.45, 7) is 3.27. The van der Waals surface area contributed by atoms with Gasteiger partial charge in [-0.05, 0) is 88.2 Å². The standard InChI is InChI=1S/C25H34N6O3/c26-10-1-11-28-24(32)17-2-5-19(6-3-17)31-15-22-23(30-25(31)33)29-20-14-18(4-7-21(20)34-22)16-8-12-27-13-9-16/h4,7,14-17,19,27H,1-3,5-6,8-13,26H2,(H,28,32)(H,29,30,33). The molecule has 3 aliphatic rings. The van der Waals surface area contributed by atoms with E-state index in [9.17, 15) is 9.59 Å². The number of carbonyl (C=O) groups is 1. The second-order valence-corrected chi connectivity index (χ2v) is 9.59. The summed E-state index contributed by atoms with van der Waals surface area (Å²) in [5.41, 5.74) is 7.35. The molecule has 0 atom stereocenters. The van der Waals surface area contributed by atoms with Crippen LogP contribution < -0.4 is 32.1 Å². The predicted octanol–water partition coefficient (Wildman–Crippen LogP) is 2.76. The zero-order valence-electron chi connectivity index (χ0n) is 19.5. The highest BCUT2D eigenvalue weighted by molar-refractivity contribution is 5.78. The first-order valence-corrected chi connectivity index (χ1v) is 12.5. The molecule has 1 aliphatic carbocycles. The van der Waals surface area contributed by atoms with E-state index in [0.717, 1.165) is 69.5 Å². The Kier molecular flexibility index (Phi) is 6.82. The Labute approximate surface area is 199 Å². The quantitative estimate of drug-likeness (QED) is 0.412. The number of aromatic nitrogens is 2. The highest BCUT2D eigenvalue weighted by Gasteiger charge is 2.29. The van der Waals surface area contributed by atoms with E-state index in [1.165, 1.54) is 5.56 Å². The number of hydrogen-bond donors (Lipinski definition) is 4. The lowest BCUT2D eigenvalue weighted by Gasteiger charge is -2.30. The van der Waals surface area contributed by atoms with E-state index in [1.54, 1.807) is 10.8 Å². The number of nitrogens with zero attached hydrogens (tertiary/aromatic N) is 2. The van der Waals surface area contributed by atoms with Gasteiger partial charge in [-0.15, -0.1) is 0 Å². The van der Waals surface area contributed by atoms with E-state index in [1.807, 2.05) is 6.07 Å². The summed E-state index contributed by atoms with van der Waals surface area (Å²) in [6, 6.07) is 6.30. The summed E-state index contributed by atoms with van der Waals surface area (Å²) in [5, 5.41) is 9.68. The predicted molar refractivity (Wildman–Crippen MR) is 131 cm³/mol. The molecule has 1 amide bonds. The van der Waals surface area contributed by atoms with Gasteiger partial charge in [-0.1, -0.05) is 6.07 Å². The molecule has 9 nitrogen and oxygen atoms in total. The molecule has 0 spiro atoms. The number of ether oxygens (including phenoxy) is 1. The minimum atomic E-state index is -0.288. The Hall–Kier alpha value is -2.91. The van der Waals surface area contributed by atoms with Crippen LogP contribution in [-0.2, 0) is 4.79 Å². The van der Waals surface area contributed by atoms with Crippen LogP contribution in [0.15, 0.2) is 29.2 Å². The van der Waals surface area contributed by atoms with Crippen LogP contribution in [0.25, 0.3) is 0 Å². The highest BCUT2D eigenvalue weighted by Crippen LogP contribution is 2.43. The maximum atomic E-state index is 12.9. The van der Waals surface area contributed by atoms with Crippen molar-refractivity contribution in [3.63, 3.8) is 0 Å². The number of nitrogens with two attached hydrogens (primary N) is 1. The largest absolute Gasteiger partial charge is 0.450 e. The Morgan fingerprint density at radius 1 is 1.15 bits per heavy atom. The molecular weight excluding hydrogens is 432 g/mol. The molecule has 5 rings (SSSR count). The van der Waals surface area contributed by atoms with Crippen molar-refractivity contribution in [2.75, 3.05) is 31.5 Å². The van der Waals surface area contributed by atoms with Gasteiger partial charge in [-0.3, -0.25) is 9.36 Å². The maximum absolute atomic E-state index is 12.9. The Bertz CT molecular complexity index is 1090. The summed E-state index contributed by atoms with van der Waals surface area (Å²) >= 11 is 0. The summed E-state index contributed by atoms with van der Waals surface area (Å²) in [7, 11) is 0. The Morgan fingerprint density at radius 3 is 2.71 bits per heavy atom. The van der Waals surface area contributed by atoms with Crippen molar-refractivity contribution < 1.29 is 9.53 Å². The van der Waals surface area contributed by atoms with Crippen molar-refractivity contribution in [3.8, 4) is 11.5 Å². The van der Waals surface area contributed by atoms with Crippen molar-refractivity contribution in [3.05, 3.63) is 40.4 Å². The first-order valence-electron chi connectivity index (χ1n) is 12.5. The fraction of sp³-hybridized carbons (Fsp3) is 0.560. The van der Waals surface area contributed by atoms with E-state index in [4.69, 9.17) is 10.5 Å². The maximum Gasteiger partial charge on any atom is 0.350 e. The van der Waals surface area contributed by atoms with E-state index in [2.05, 4.69) is 33.1 Å². The van der Waals surface area contributed by atoms with Crippen molar-refractivity contribution in [2.45, 2.75) is 56.9 Å². The summed E-state index contributed by atoms with van der Waals surface area (Å²) < 4.78 is 7.83. The van der Waals surface area contributed by atoms with Crippen molar-refractivity contribution in [2.24, 2.45) is 11.7 Å². The van der Waals surface area contributed by atoms with Crippen LogP contribution in [0.2, 0.25) is 0 Å². The lowest BCUT2D eigenvalue weighted by molar-refractivity contribution is -0.126. The molecule has 1 saturated carbocycles. The molecule has 0 unspecified atom stereocenters. The molecule has 1 aromatic heterocycles. The summed E-state index contributed by atoms with van der Waals surface area (Å²) in [6.07, 6.45) is 7.83. The van der Waals surface area contributed by atoms with Gasteiger partial charge in [0.05, 0.1) is 11.9 Å². The van der Waals surface area contributed by atoms with E-state index in [-0.39, 0.29) is 23.6 Å². The normalized spacial score (nSPS) is 22.1. The fourth-order valence-corrected chi connectivity index (χ4v) is 5.34. The third-order valence-electron chi connectivity index (χ3n) is 7.35. The van der Waals surface area contributed by atoms with E-state index < -0.39 is 0 Å². The molecule has 2 aromatic rings. The third kappa shape index (κ3) is 4.81. The van der Waals surface area contributed by atoms with E-state index in [0.29, 0.717) is 30.6 Å². The first-order chi connectivity index (χ1) is 16.6. The summed E-state index contributed by atoms with van der Waals surface area (Å²) in [4.78, 5) is 29.5. The average molecular weight is 467 g/mol. The van der Waals surface area contributed by atoms with E-state index >= 15 is 0 Å². The van der Waals surface area contributed by atoms with Crippen LogP contribution in [0, 0.1) is 5.92 Å². The molecule has 0 bridgehead atoms. The third-order valence-corrected chi connectivity index (χ3v) is 7.35. The molecule has 1 saturated heterocycles. The van der Waals surface area contributed by atoms with Gasteiger partial charge in [0.25, 0.3) is 0 Å². The lowest BCUT2D eigenvalue weighted by atomic mass is 9.85. The van der Waals surface area contributed by atoms with Gasteiger partial charge < -0.3 is 26.4 Å². The van der Waals surface area contributed by atoms with Gasteiger partial charge in [-0.25, -0.2) is 4.79 Å². The lowest BCUT2D eigenvalue weighted by Crippen LogP contribution is -2.36. The van der Waals surface area contributed by atoms with Gasteiger partial charge >= 0.3 is 5.69 Å². The average Bonchev–Trinajstić information content (AvgIpc) is 2.87. The van der Waals surface area contributed by atoms with Crippen LogP contribution in [-0.4, -0.2) is 41.6 Å². The van der Waals surface area contributed by atoms with Crippen LogP contribution >= 0.6 is 0 Å². The highest BCUT2D eigenvalue weighted by atomic mass is 16.5. The first kappa shape index (κ1) is 22.9. The molecule has 34 heavy (non-hydrogen) atoms. The number of hydrogen-bond acceptors (Lipinski definition) is 7. The number of carbonyl (C=O) groups excluding carboxylic acids is 1. The van der Waals surface area contributed by atoms with Gasteiger partial charge in [0, 0.05) is 18.5 Å². The number of fused-ring (bicyclic) bond motifs is 2. The second-order valence-electron chi connectivity index (χ2n) is 9.59. The molecule has 1 aromatic carbocycles. The molecule has 182 valence electrons. The van der Waals surface area contributed by atoms with Gasteiger partial charge in [0.15, 0.2) is 17.3 Å². The number of benzene rings is 1. The van der Waals surface area contributed by atoms with Crippen LogP contribution in [0.1, 0.15) is 62.5 Å². The minimum absolute atomic E-state index is 0.00533. The number of amides is 1. The molecule has 2 fully saturated rings. The molecule has 5 N–H and O–H groups in total. The van der Waals surface area contributed by atoms with Gasteiger partial charge in [0.1, 0.15) is 0 Å². The Balaban J connectivity index is 1.26. The fourth-order valence-electron chi connectivity index (χ4n) is 5.34. The Morgan fingerprint density at radius 2 is 1.94 bits per heavy atom. The van der Waals surface area contributed by atoms with Crippen LogP contribution in [0.5, 0.6) is 11.5 Å². The second kappa shape index (κ2) is 10.1. The number of piperidine rings is 1. The molecular formula is C25H34N6O3. The monoisotopic (exact) mass is 466 g/mol. The number of rotatable bonds is 6. The minimum Gasteiger partial charge on any atom is -0.450 e. The molecule has 0 radical (unpaired) electrons. The number of anilines is 2. The van der Waals surface area contributed by atoms with Crippen LogP contribution in [0.4, 0.5) is 11.5 Å². The summed E-state index contributed by atoms with van der Waals surface area (Å²) in [5.74, 6) is 2.39. The topological polar surface area (TPSA) is 123 Å². The van der Waals surface area contributed by atoms with Gasteiger partial charge in [0.2, 0.25) is 5.91 Å². The van der Waals surface area contributed by atoms with Gasteiger partial charge in [-0.2, -0.15) is 4.98 Å². The van der Waals surface area contributed by atoms with Crippen molar-refractivity contribution in [1.82, 2.24) is 20.2 Å². The van der Waals surface area contributed by atoms with Crippen molar-refractivity contribution >= 4 is 17.4 Å². The molecule has 2 aliphatic heterocycles. The molecule has 3 heterocycles. The zero-order valence-corrected chi connectivity index (χ0v) is 19.5. The van der Waals surface area contributed by atoms with Crippen LogP contribution in [0.3, 0.4) is 0 Å². The van der Waals surface area contributed by atoms with Crippen molar-refractivity contribution in [1.29, 1.82) is 0 Å². The zero-order chi connectivity index (χ0) is 23.5. The SMILES string of the molecule is NCCCNC(=O)C1CCC(n2cc3c(nc2=O)Nc2cc(C4CCNCC4)ccc2O3)CC1. The molecule has 9 heteroatoms. The smallest absolute Gasteiger partial charge is 0.350 e.